The molecule has 3 heterocycles. The molecule has 6 heteroatoms. The minimum absolute atomic E-state index is 0.673. The summed E-state index contributed by atoms with van der Waals surface area (Å²) in [6.45, 7) is 1.43. The van der Waals surface area contributed by atoms with E-state index in [2.05, 4.69) is 32.6 Å². The quantitative estimate of drug-likeness (QED) is 0.617. The van der Waals surface area contributed by atoms with E-state index in [0.29, 0.717) is 12.5 Å². The van der Waals surface area contributed by atoms with Crippen molar-refractivity contribution in [3.8, 4) is 16.9 Å². The van der Waals surface area contributed by atoms with E-state index in [1.165, 1.54) is 11.1 Å². The summed E-state index contributed by atoms with van der Waals surface area (Å²) in [5.74, 6) is 1.70. The Morgan fingerprint density at radius 1 is 1.19 bits per heavy atom. The molecule has 2 aromatic carbocycles. The van der Waals surface area contributed by atoms with Crippen LogP contribution in [0.25, 0.3) is 16.8 Å². The van der Waals surface area contributed by atoms with Gasteiger partial charge in [0.2, 0.25) is 5.95 Å². The average molecular weight is 342 g/mol. The molecule has 1 N–H and O–H groups in total. The van der Waals surface area contributed by atoms with Gasteiger partial charge in [0.1, 0.15) is 12.1 Å². The van der Waals surface area contributed by atoms with Crippen molar-refractivity contribution in [2.45, 2.75) is 13.0 Å². The molecule has 4 aromatic rings. The first kappa shape index (κ1) is 14.9. The molecule has 0 saturated heterocycles. The number of anilines is 1. The predicted molar refractivity (Wildman–Crippen MR) is 98.0 cm³/mol. The summed E-state index contributed by atoms with van der Waals surface area (Å²) in [4.78, 5) is 4.59. The fraction of sp³-hybridized carbons (Fsp3) is 0.150. The van der Waals surface area contributed by atoms with Crippen LogP contribution in [0.1, 0.15) is 11.1 Å². The van der Waals surface area contributed by atoms with E-state index >= 15 is 0 Å². The second-order valence-electron chi connectivity index (χ2n) is 6.15. The molecule has 26 heavy (non-hydrogen) atoms. The maximum Gasteiger partial charge on any atom is 0.210 e. The van der Waals surface area contributed by atoms with Crippen molar-refractivity contribution in [1.29, 1.82) is 0 Å². The molecular formula is C20H16N5O. The van der Waals surface area contributed by atoms with Gasteiger partial charge in [0.15, 0.2) is 5.65 Å². The van der Waals surface area contributed by atoms with Gasteiger partial charge in [0, 0.05) is 30.3 Å². The second kappa shape index (κ2) is 6.15. The summed E-state index contributed by atoms with van der Waals surface area (Å²) in [6, 6.07) is 16.9. The number of nitrogens with zero attached hydrogens (tertiary/aromatic N) is 4. The van der Waals surface area contributed by atoms with E-state index in [1.807, 2.05) is 47.0 Å². The van der Waals surface area contributed by atoms with Crippen LogP contribution in [0.2, 0.25) is 0 Å². The Kier molecular flexibility index (Phi) is 3.52. The summed E-state index contributed by atoms with van der Waals surface area (Å²) in [5, 5.41) is 11.7. The highest BCUT2D eigenvalue weighted by Gasteiger charge is 2.16. The third kappa shape index (κ3) is 2.47. The Morgan fingerprint density at radius 3 is 3.04 bits per heavy atom. The van der Waals surface area contributed by atoms with E-state index in [0.717, 1.165) is 35.6 Å². The standard InChI is InChI=1S/C20H16N5O/c1-2-5-14(6-3-1)17-12-22-20(25-13-23-24-19(17)25)21-11-15-7-4-8-18-16(15)9-10-26-18/h2-8,12-13H,9-11H2,(H,21,22). The molecule has 127 valence electrons. The number of aromatic nitrogens is 4. The van der Waals surface area contributed by atoms with Gasteiger partial charge in [-0.3, -0.25) is 4.40 Å². The highest BCUT2D eigenvalue weighted by molar-refractivity contribution is 5.77. The van der Waals surface area contributed by atoms with Crippen molar-refractivity contribution in [1.82, 2.24) is 19.6 Å². The topological polar surface area (TPSA) is 64.3 Å². The molecule has 1 aliphatic rings. The molecule has 2 aromatic heterocycles. The van der Waals surface area contributed by atoms with Crippen LogP contribution in [0.5, 0.6) is 5.75 Å². The molecule has 0 spiro atoms. The maximum absolute atomic E-state index is 5.64. The van der Waals surface area contributed by atoms with Gasteiger partial charge in [0.25, 0.3) is 0 Å². The summed E-state index contributed by atoms with van der Waals surface area (Å²) >= 11 is 0. The average Bonchev–Trinajstić information content (AvgIpc) is 3.36. The van der Waals surface area contributed by atoms with Crippen LogP contribution in [0.15, 0.2) is 55.0 Å². The molecule has 6 nitrogen and oxygen atoms in total. The number of hydrogen-bond donors (Lipinski definition) is 1. The van der Waals surface area contributed by atoms with Gasteiger partial charge in [-0.1, -0.05) is 36.4 Å². The van der Waals surface area contributed by atoms with Crippen molar-refractivity contribution in [3.05, 3.63) is 72.2 Å². The first-order chi connectivity index (χ1) is 12.9. The zero-order valence-corrected chi connectivity index (χ0v) is 14.0. The van der Waals surface area contributed by atoms with E-state index in [-0.39, 0.29) is 0 Å². The lowest BCUT2D eigenvalue weighted by Crippen LogP contribution is -2.08. The molecule has 1 radical (unpaired) electrons. The first-order valence-electron chi connectivity index (χ1n) is 8.53. The Labute approximate surface area is 150 Å². The van der Waals surface area contributed by atoms with Gasteiger partial charge in [-0.05, 0) is 23.3 Å². The molecule has 0 fully saturated rings. The molecule has 5 rings (SSSR count). The second-order valence-corrected chi connectivity index (χ2v) is 6.15. The summed E-state index contributed by atoms with van der Waals surface area (Å²) in [7, 11) is 0. The Morgan fingerprint density at radius 2 is 2.12 bits per heavy atom. The smallest absolute Gasteiger partial charge is 0.210 e. The number of hydrogen-bond acceptors (Lipinski definition) is 5. The van der Waals surface area contributed by atoms with Crippen molar-refractivity contribution >= 4 is 11.6 Å². The van der Waals surface area contributed by atoms with Crippen LogP contribution in [0.3, 0.4) is 0 Å². The van der Waals surface area contributed by atoms with Gasteiger partial charge < -0.3 is 10.1 Å². The normalized spacial score (nSPS) is 12.8. The first-order valence-corrected chi connectivity index (χ1v) is 8.53. The predicted octanol–water partition coefficient (Wildman–Crippen LogP) is 3.14. The highest BCUT2D eigenvalue weighted by atomic mass is 16.5. The number of benzene rings is 2. The minimum Gasteiger partial charge on any atom is -0.493 e. The lowest BCUT2D eigenvalue weighted by Gasteiger charge is -2.11. The zero-order valence-electron chi connectivity index (χ0n) is 14.0. The maximum atomic E-state index is 5.64. The number of nitrogens with one attached hydrogen (secondary N) is 1. The molecule has 0 amide bonds. The van der Waals surface area contributed by atoms with E-state index in [4.69, 9.17) is 4.74 Å². The third-order valence-electron chi connectivity index (χ3n) is 4.64. The Bertz CT molecular complexity index is 1070. The summed E-state index contributed by atoms with van der Waals surface area (Å²) in [5.41, 5.74) is 5.26. The molecule has 0 bridgehead atoms. The van der Waals surface area contributed by atoms with Crippen LogP contribution >= 0.6 is 0 Å². The summed E-state index contributed by atoms with van der Waals surface area (Å²) < 4.78 is 7.52. The van der Waals surface area contributed by atoms with Crippen molar-refractivity contribution in [3.63, 3.8) is 0 Å². The minimum atomic E-state index is 0.673. The van der Waals surface area contributed by atoms with Gasteiger partial charge >= 0.3 is 0 Å². The van der Waals surface area contributed by atoms with Crippen LogP contribution in [-0.4, -0.2) is 26.2 Å². The number of ether oxygens (including phenoxy) is 1. The van der Waals surface area contributed by atoms with Gasteiger partial charge in [0.05, 0.1) is 6.61 Å². The summed E-state index contributed by atoms with van der Waals surface area (Å²) in [6.07, 6.45) is 4.47. The van der Waals surface area contributed by atoms with Gasteiger partial charge in [-0.25, -0.2) is 4.98 Å². The molecule has 1 aliphatic heterocycles. The van der Waals surface area contributed by atoms with Gasteiger partial charge in [-0.15, -0.1) is 10.2 Å². The number of rotatable bonds is 4. The van der Waals surface area contributed by atoms with Crippen LogP contribution in [0, 0.1) is 6.07 Å². The SMILES string of the molecule is [c]1ccc(-c2cnc(NCc3cccc4c3CCO4)n3cnnc23)cc1. The molecule has 0 unspecified atom stereocenters. The van der Waals surface area contributed by atoms with E-state index < -0.39 is 0 Å². The Balaban J connectivity index is 1.48. The monoisotopic (exact) mass is 342 g/mol. The van der Waals surface area contributed by atoms with Crippen LogP contribution in [-0.2, 0) is 13.0 Å². The van der Waals surface area contributed by atoms with Crippen molar-refractivity contribution < 1.29 is 4.74 Å². The third-order valence-corrected chi connectivity index (χ3v) is 4.64. The fourth-order valence-corrected chi connectivity index (χ4v) is 3.35. The lowest BCUT2D eigenvalue weighted by molar-refractivity contribution is 0.357. The molecule has 0 atom stereocenters. The zero-order chi connectivity index (χ0) is 17.3. The Hall–Kier alpha value is -3.41. The lowest BCUT2D eigenvalue weighted by atomic mass is 10.1. The van der Waals surface area contributed by atoms with Crippen molar-refractivity contribution in [2.75, 3.05) is 11.9 Å². The van der Waals surface area contributed by atoms with E-state index in [1.54, 1.807) is 6.33 Å². The largest absolute Gasteiger partial charge is 0.493 e. The van der Waals surface area contributed by atoms with Crippen LogP contribution < -0.4 is 10.1 Å². The number of fused-ring (bicyclic) bond motifs is 2. The molecule has 0 aliphatic carbocycles. The fourth-order valence-electron chi connectivity index (χ4n) is 3.35. The van der Waals surface area contributed by atoms with E-state index in [9.17, 15) is 0 Å². The van der Waals surface area contributed by atoms with Gasteiger partial charge in [-0.2, -0.15) is 0 Å². The van der Waals surface area contributed by atoms with Crippen LogP contribution in [0.4, 0.5) is 5.95 Å². The van der Waals surface area contributed by atoms with Crippen molar-refractivity contribution in [2.24, 2.45) is 0 Å². The highest BCUT2D eigenvalue weighted by Crippen LogP contribution is 2.29. The molecular weight excluding hydrogens is 326 g/mol. The molecule has 0 saturated carbocycles.